The van der Waals surface area contributed by atoms with Crippen molar-refractivity contribution in [2.24, 2.45) is 0 Å². The molecule has 3 aromatic rings. The van der Waals surface area contributed by atoms with Crippen LogP contribution < -0.4 is 10.1 Å². The zero-order chi connectivity index (χ0) is 22.1. The van der Waals surface area contributed by atoms with Crippen LogP contribution in [0, 0.1) is 0 Å². The molecule has 0 spiro atoms. The summed E-state index contributed by atoms with van der Waals surface area (Å²) in [7, 11) is 0. The lowest BCUT2D eigenvalue weighted by Crippen LogP contribution is -2.23. The lowest BCUT2D eigenvalue weighted by Gasteiger charge is -2.14. The SMILES string of the molecule is OCc1cc([C@@H](O)CNCCc2ccc(OC[C@H](O)c3ccccc3)cc2)ccc1O. The van der Waals surface area contributed by atoms with Gasteiger partial charge < -0.3 is 30.5 Å². The van der Waals surface area contributed by atoms with Gasteiger partial charge in [0.1, 0.15) is 24.2 Å². The van der Waals surface area contributed by atoms with Crippen molar-refractivity contribution in [3.63, 3.8) is 0 Å². The molecule has 0 fully saturated rings. The van der Waals surface area contributed by atoms with Gasteiger partial charge >= 0.3 is 0 Å². The molecule has 0 unspecified atom stereocenters. The van der Waals surface area contributed by atoms with Gasteiger partial charge in [0.15, 0.2) is 0 Å². The Morgan fingerprint density at radius 2 is 1.58 bits per heavy atom. The number of aliphatic hydroxyl groups is 3. The third-order valence-electron chi connectivity index (χ3n) is 5.10. The minimum absolute atomic E-state index is 0.0217. The quantitative estimate of drug-likeness (QED) is 0.304. The Kier molecular flexibility index (Phi) is 8.44. The van der Waals surface area contributed by atoms with E-state index in [1.165, 1.54) is 6.07 Å². The molecule has 0 aliphatic carbocycles. The normalized spacial score (nSPS) is 13.0. The van der Waals surface area contributed by atoms with Crippen LogP contribution >= 0.6 is 0 Å². The van der Waals surface area contributed by atoms with E-state index in [1.807, 2.05) is 54.6 Å². The van der Waals surface area contributed by atoms with E-state index in [-0.39, 0.29) is 19.0 Å². The number of ether oxygens (including phenoxy) is 1. The minimum atomic E-state index is -0.724. The minimum Gasteiger partial charge on any atom is -0.508 e. The average Bonchev–Trinajstić information content (AvgIpc) is 2.81. The second-order valence-electron chi connectivity index (χ2n) is 7.40. The first-order valence-electron chi connectivity index (χ1n) is 10.3. The smallest absolute Gasteiger partial charge is 0.121 e. The van der Waals surface area contributed by atoms with Crippen LogP contribution in [-0.2, 0) is 13.0 Å². The van der Waals surface area contributed by atoms with Gasteiger partial charge in [0.25, 0.3) is 0 Å². The van der Waals surface area contributed by atoms with Crippen molar-refractivity contribution < 1.29 is 25.2 Å². The van der Waals surface area contributed by atoms with Crippen LogP contribution in [0.4, 0.5) is 0 Å². The molecule has 3 rings (SSSR count). The Bertz CT molecular complexity index is 930. The van der Waals surface area contributed by atoms with E-state index in [9.17, 15) is 20.4 Å². The van der Waals surface area contributed by atoms with Gasteiger partial charge in [-0.3, -0.25) is 0 Å². The zero-order valence-electron chi connectivity index (χ0n) is 17.3. The third kappa shape index (κ3) is 6.80. The summed E-state index contributed by atoms with van der Waals surface area (Å²) in [5, 5.41) is 42.5. The van der Waals surface area contributed by atoms with Crippen molar-refractivity contribution in [2.75, 3.05) is 19.7 Å². The number of benzene rings is 3. The number of phenols is 1. The Balaban J connectivity index is 1.39. The summed E-state index contributed by atoms with van der Waals surface area (Å²) in [6.07, 6.45) is -0.604. The molecular formula is C25H29NO5. The molecule has 6 heteroatoms. The summed E-state index contributed by atoms with van der Waals surface area (Å²) in [4.78, 5) is 0. The number of nitrogens with one attached hydrogen (secondary N) is 1. The van der Waals surface area contributed by atoms with Crippen molar-refractivity contribution in [1.29, 1.82) is 0 Å². The number of rotatable bonds is 11. The summed E-state index contributed by atoms with van der Waals surface area (Å²) in [5.41, 5.74) is 3.00. The van der Waals surface area contributed by atoms with Crippen LogP contribution in [0.15, 0.2) is 72.8 Å². The van der Waals surface area contributed by atoms with Gasteiger partial charge in [0, 0.05) is 12.1 Å². The number of aliphatic hydroxyl groups excluding tert-OH is 3. The van der Waals surface area contributed by atoms with Crippen molar-refractivity contribution in [2.45, 2.75) is 25.2 Å². The van der Waals surface area contributed by atoms with E-state index in [0.29, 0.717) is 30.0 Å². The highest BCUT2D eigenvalue weighted by Crippen LogP contribution is 2.22. The molecule has 31 heavy (non-hydrogen) atoms. The third-order valence-corrected chi connectivity index (χ3v) is 5.10. The van der Waals surface area contributed by atoms with E-state index < -0.39 is 12.2 Å². The second kappa shape index (κ2) is 11.5. The van der Waals surface area contributed by atoms with Gasteiger partial charge in [-0.1, -0.05) is 48.5 Å². The molecule has 0 bridgehead atoms. The van der Waals surface area contributed by atoms with Crippen molar-refractivity contribution in [3.05, 3.63) is 95.1 Å². The van der Waals surface area contributed by atoms with E-state index in [0.717, 1.165) is 17.5 Å². The van der Waals surface area contributed by atoms with Crippen molar-refractivity contribution in [1.82, 2.24) is 5.32 Å². The Hall–Kier alpha value is -2.90. The summed E-state index contributed by atoms with van der Waals surface area (Å²) in [5.74, 6) is 0.725. The molecule has 0 saturated carbocycles. The summed E-state index contributed by atoms with van der Waals surface area (Å²) >= 11 is 0. The Labute approximate surface area is 182 Å². The van der Waals surface area contributed by atoms with Crippen molar-refractivity contribution in [3.8, 4) is 11.5 Å². The van der Waals surface area contributed by atoms with E-state index in [1.54, 1.807) is 12.1 Å². The van der Waals surface area contributed by atoms with E-state index >= 15 is 0 Å². The van der Waals surface area contributed by atoms with Gasteiger partial charge in [-0.25, -0.2) is 0 Å². The van der Waals surface area contributed by atoms with Crippen LogP contribution in [0.2, 0.25) is 0 Å². The molecule has 5 N–H and O–H groups in total. The lowest BCUT2D eigenvalue weighted by atomic mass is 10.1. The summed E-state index contributed by atoms with van der Waals surface area (Å²) in [6.45, 7) is 0.978. The van der Waals surface area contributed by atoms with E-state index in [2.05, 4.69) is 5.32 Å². The van der Waals surface area contributed by atoms with Gasteiger partial charge in [-0.15, -0.1) is 0 Å². The molecule has 3 aromatic carbocycles. The van der Waals surface area contributed by atoms with Crippen LogP contribution in [0.3, 0.4) is 0 Å². The van der Waals surface area contributed by atoms with Gasteiger partial charge in [0.2, 0.25) is 0 Å². The van der Waals surface area contributed by atoms with Gasteiger partial charge in [-0.2, -0.15) is 0 Å². The fraction of sp³-hybridized carbons (Fsp3) is 0.280. The molecule has 164 valence electrons. The molecule has 2 atom stereocenters. The highest BCUT2D eigenvalue weighted by atomic mass is 16.5. The number of aromatic hydroxyl groups is 1. The number of hydrogen-bond donors (Lipinski definition) is 5. The van der Waals surface area contributed by atoms with Gasteiger partial charge in [-0.05, 0) is 53.9 Å². The predicted octanol–water partition coefficient (Wildman–Crippen LogP) is 2.86. The molecule has 0 heterocycles. The van der Waals surface area contributed by atoms with Crippen LogP contribution in [0.1, 0.15) is 34.5 Å². The Morgan fingerprint density at radius 3 is 2.29 bits per heavy atom. The highest BCUT2D eigenvalue weighted by Gasteiger charge is 2.10. The first-order chi connectivity index (χ1) is 15.1. The van der Waals surface area contributed by atoms with Crippen molar-refractivity contribution >= 4 is 0 Å². The molecule has 0 radical (unpaired) electrons. The molecule has 0 aliphatic heterocycles. The maximum absolute atomic E-state index is 10.3. The first kappa shape index (κ1) is 22.8. The maximum Gasteiger partial charge on any atom is 0.121 e. The molecule has 0 aliphatic rings. The standard InChI is InChI=1S/C25H29NO5/c27-16-21-14-20(8-11-23(21)28)24(29)15-26-13-12-18-6-9-22(10-7-18)31-17-25(30)19-4-2-1-3-5-19/h1-11,14,24-30H,12-13,15-17H2/t24-,25-/m0/s1. The highest BCUT2D eigenvalue weighted by molar-refractivity contribution is 5.36. The van der Waals surface area contributed by atoms with E-state index in [4.69, 9.17) is 4.74 Å². The second-order valence-corrected chi connectivity index (χ2v) is 7.40. The number of hydrogen-bond acceptors (Lipinski definition) is 6. The average molecular weight is 424 g/mol. The molecular weight excluding hydrogens is 394 g/mol. The fourth-order valence-corrected chi connectivity index (χ4v) is 3.23. The molecule has 0 saturated heterocycles. The summed E-state index contributed by atoms with van der Waals surface area (Å²) < 4.78 is 5.68. The molecule has 6 nitrogen and oxygen atoms in total. The fourth-order valence-electron chi connectivity index (χ4n) is 3.23. The van der Waals surface area contributed by atoms with Crippen LogP contribution in [-0.4, -0.2) is 40.1 Å². The Morgan fingerprint density at radius 1 is 0.839 bits per heavy atom. The monoisotopic (exact) mass is 423 g/mol. The zero-order valence-corrected chi connectivity index (χ0v) is 17.3. The summed E-state index contributed by atoms with van der Waals surface area (Å²) in [6, 6.07) is 21.9. The lowest BCUT2D eigenvalue weighted by molar-refractivity contribution is 0.108. The molecule has 0 amide bonds. The van der Waals surface area contributed by atoms with Crippen LogP contribution in [0.5, 0.6) is 11.5 Å². The predicted molar refractivity (Wildman–Crippen MR) is 119 cm³/mol. The van der Waals surface area contributed by atoms with Gasteiger partial charge in [0.05, 0.1) is 12.7 Å². The molecule has 0 aromatic heterocycles. The largest absolute Gasteiger partial charge is 0.508 e. The van der Waals surface area contributed by atoms with Crippen LogP contribution in [0.25, 0.3) is 0 Å². The topological polar surface area (TPSA) is 102 Å². The first-order valence-corrected chi connectivity index (χ1v) is 10.3. The maximum atomic E-state index is 10.3.